The molecular formula is C30H26N2O. The third-order valence-electron chi connectivity index (χ3n) is 5.88. The summed E-state index contributed by atoms with van der Waals surface area (Å²) in [5.74, 6) is 1.04. The third-order valence-corrected chi connectivity index (χ3v) is 5.88. The van der Waals surface area contributed by atoms with Crippen LogP contribution in [0.4, 0.5) is 0 Å². The normalized spacial score (nSPS) is 11.5. The summed E-state index contributed by atoms with van der Waals surface area (Å²) >= 11 is 0. The molecule has 0 fully saturated rings. The summed E-state index contributed by atoms with van der Waals surface area (Å²) in [7, 11) is 0. The molecule has 0 aliphatic rings. The molecule has 5 aromatic rings. The van der Waals surface area contributed by atoms with Gasteiger partial charge in [0.2, 0.25) is 11.8 Å². The molecule has 1 heterocycles. The van der Waals surface area contributed by atoms with Crippen molar-refractivity contribution in [2.75, 3.05) is 0 Å². The fourth-order valence-electron chi connectivity index (χ4n) is 3.86. The molecule has 3 nitrogen and oxygen atoms in total. The molecule has 33 heavy (non-hydrogen) atoms. The predicted octanol–water partition coefficient (Wildman–Crippen LogP) is 8.04. The van der Waals surface area contributed by atoms with E-state index in [0.29, 0.717) is 11.8 Å². The predicted molar refractivity (Wildman–Crippen MR) is 135 cm³/mol. The molecule has 0 bridgehead atoms. The lowest BCUT2D eigenvalue weighted by Gasteiger charge is -2.19. The van der Waals surface area contributed by atoms with Crippen LogP contribution >= 0.6 is 0 Å². The minimum absolute atomic E-state index is 0.153. The molecule has 4 aromatic carbocycles. The first-order valence-corrected chi connectivity index (χ1v) is 11.2. The quantitative estimate of drug-likeness (QED) is 0.290. The van der Waals surface area contributed by atoms with Crippen molar-refractivity contribution in [3.05, 3.63) is 109 Å². The van der Waals surface area contributed by atoms with Gasteiger partial charge in [-0.25, -0.2) is 0 Å². The topological polar surface area (TPSA) is 38.9 Å². The van der Waals surface area contributed by atoms with Gasteiger partial charge >= 0.3 is 0 Å². The summed E-state index contributed by atoms with van der Waals surface area (Å²) in [6.45, 7) is 6.69. The van der Waals surface area contributed by atoms with E-state index in [4.69, 9.17) is 4.42 Å². The van der Waals surface area contributed by atoms with Crippen molar-refractivity contribution in [1.29, 1.82) is 0 Å². The van der Waals surface area contributed by atoms with Crippen molar-refractivity contribution >= 4 is 0 Å². The van der Waals surface area contributed by atoms with Gasteiger partial charge < -0.3 is 4.42 Å². The molecule has 0 atom stereocenters. The molecule has 0 N–H and O–H groups in total. The van der Waals surface area contributed by atoms with Gasteiger partial charge in [0.25, 0.3) is 0 Å². The van der Waals surface area contributed by atoms with Gasteiger partial charge in [-0.1, -0.05) is 99.6 Å². The van der Waals surface area contributed by atoms with E-state index in [0.717, 1.165) is 22.3 Å². The van der Waals surface area contributed by atoms with Crippen LogP contribution < -0.4 is 0 Å². The maximum Gasteiger partial charge on any atom is 0.248 e. The Morgan fingerprint density at radius 3 is 1.24 bits per heavy atom. The Hall–Kier alpha value is -3.98. The first-order chi connectivity index (χ1) is 16.0. The summed E-state index contributed by atoms with van der Waals surface area (Å²) in [6, 6.07) is 35.5. The van der Waals surface area contributed by atoms with Crippen molar-refractivity contribution in [2.24, 2.45) is 0 Å². The average molecular weight is 431 g/mol. The number of nitrogens with zero attached hydrogens (tertiary/aromatic N) is 2. The van der Waals surface area contributed by atoms with Crippen molar-refractivity contribution in [1.82, 2.24) is 10.2 Å². The standard InChI is InChI=1S/C30H26N2O/c1-30(2,3)27-19-17-24(18-20-27)23-11-15-26(16-12-23)29-32-31-28(33-29)25-13-9-22(10-14-25)21-7-5-4-6-8-21/h4-20H,1-3H3. The van der Waals surface area contributed by atoms with E-state index >= 15 is 0 Å². The van der Waals surface area contributed by atoms with Crippen molar-refractivity contribution in [3.8, 4) is 45.2 Å². The highest BCUT2D eigenvalue weighted by Gasteiger charge is 2.14. The van der Waals surface area contributed by atoms with E-state index in [1.54, 1.807) is 0 Å². The largest absolute Gasteiger partial charge is 0.416 e. The molecule has 0 aliphatic heterocycles. The number of hydrogen-bond donors (Lipinski definition) is 0. The molecule has 5 rings (SSSR count). The molecule has 0 aliphatic carbocycles. The monoisotopic (exact) mass is 430 g/mol. The lowest BCUT2D eigenvalue weighted by atomic mass is 9.86. The van der Waals surface area contributed by atoms with E-state index in [-0.39, 0.29) is 5.41 Å². The Morgan fingerprint density at radius 1 is 0.455 bits per heavy atom. The van der Waals surface area contributed by atoms with Gasteiger partial charge in [-0.05, 0) is 57.5 Å². The van der Waals surface area contributed by atoms with Crippen LogP contribution in [0.2, 0.25) is 0 Å². The minimum atomic E-state index is 0.153. The zero-order valence-corrected chi connectivity index (χ0v) is 19.1. The third kappa shape index (κ3) is 4.49. The minimum Gasteiger partial charge on any atom is -0.416 e. The highest BCUT2D eigenvalue weighted by atomic mass is 16.4. The SMILES string of the molecule is CC(C)(C)c1ccc(-c2ccc(-c3nnc(-c4ccc(-c5ccccc5)cc4)o3)cc2)cc1. The second-order valence-corrected chi connectivity index (χ2v) is 9.26. The maximum atomic E-state index is 5.98. The summed E-state index contributed by atoms with van der Waals surface area (Å²) in [5, 5.41) is 8.53. The van der Waals surface area contributed by atoms with Gasteiger partial charge in [-0.2, -0.15) is 0 Å². The van der Waals surface area contributed by atoms with Crippen LogP contribution in [0.1, 0.15) is 26.3 Å². The van der Waals surface area contributed by atoms with Crippen LogP contribution in [0.3, 0.4) is 0 Å². The fraction of sp³-hybridized carbons (Fsp3) is 0.133. The van der Waals surface area contributed by atoms with Gasteiger partial charge in [0, 0.05) is 11.1 Å². The molecule has 0 radical (unpaired) electrons. The second-order valence-electron chi connectivity index (χ2n) is 9.26. The van der Waals surface area contributed by atoms with E-state index in [9.17, 15) is 0 Å². The number of benzene rings is 4. The lowest BCUT2D eigenvalue weighted by Crippen LogP contribution is -2.10. The molecule has 1 aromatic heterocycles. The summed E-state index contributed by atoms with van der Waals surface area (Å²) in [5.41, 5.74) is 8.00. The first kappa shape index (κ1) is 20.9. The van der Waals surface area contributed by atoms with E-state index in [2.05, 4.69) is 91.6 Å². The number of rotatable bonds is 4. The van der Waals surface area contributed by atoms with E-state index in [1.165, 1.54) is 16.7 Å². The first-order valence-electron chi connectivity index (χ1n) is 11.2. The maximum absolute atomic E-state index is 5.98. The van der Waals surface area contributed by atoms with Gasteiger partial charge in [-0.3, -0.25) is 0 Å². The zero-order valence-electron chi connectivity index (χ0n) is 19.1. The van der Waals surface area contributed by atoms with Crippen LogP contribution in [-0.4, -0.2) is 10.2 Å². The fourth-order valence-corrected chi connectivity index (χ4v) is 3.86. The van der Waals surface area contributed by atoms with Crippen molar-refractivity contribution in [2.45, 2.75) is 26.2 Å². The van der Waals surface area contributed by atoms with Crippen molar-refractivity contribution in [3.63, 3.8) is 0 Å². The number of hydrogen-bond acceptors (Lipinski definition) is 3. The average Bonchev–Trinajstić information content (AvgIpc) is 3.35. The van der Waals surface area contributed by atoms with E-state index < -0.39 is 0 Å². The van der Waals surface area contributed by atoms with Crippen LogP contribution in [-0.2, 0) is 5.41 Å². The Labute approximate surface area is 194 Å². The van der Waals surface area contributed by atoms with Crippen molar-refractivity contribution < 1.29 is 4.42 Å². The summed E-state index contributed by atoms with van der Waals surface area (Å²) < 4.78 is 5.98. The molecule has 0 saturated heterocycles. The summed E-state index contributed by atoms with van der Waals surface area (Å²) in [6.07, 6.45) is 0. The Bertz CT molecular complexity index is 1340. The molecule has 0 saturated carbocycles. The van der Waals surface area contributed by atoms with Crippen LogP contribution in [0, 0.1) is 0 Å². The van der Waals surface area contributed by atoms with Crippen LogP contribution in [0.15, 0.2) is 108 Å². The molecule has 0 spiro atoms. The smallest absolute Gasteiger partial charge is 0.248 e. The van der Waals surface area contributed by atoms with Gasteiger partial charge in [0.15, 0.2) is 0 Å². The Balaban J connectivity index is 1.34. The molecule has 0 amide bonds. The highest BCUT2D eigenvalue weighted by molar-refractivity contribution is 5.69. The lowest BCUT2D eigenvalue weighted by molar-refractivity contribution is 0.584. The molecule has 162 valence electrons. The molecular weight excluding hydrogens is 404 g/mol. The van der Waals surface area contributed by atoms with E-state index in [1.807, 2.05) is 42.5 Å². The number of aromatic nitrogens is 2. The second kappa shape index (κ2) is 8.51. The Morgan fingerprint density at radius 2 is 0.818 bits per heavy atom. The van der Waals surface area contributed by atoms with Gasteiger partial charge in [-0.15, -0.1) is 10.2 Å². The van der Waals surface area contributed by atoms with Gasteiger partial charge in [0.1, 0.15) is 0 Å². The zero-order chi connectivity index (χ0) is 22.8. The highest BCUT2D eigenvalue weighted by Crippen LogP contribution is 2.30. The molecule has 0 unspecified atom stereocenters. The summed E-state index contributed by atoms with van der Waals surface area (Å²) in [4.78, 5) is 0. The Kier molecular flexibility index (Phi) is 5.39. The van der Waals surface area contributed by atoms with Crippen LogP contribution in [0.5, 0.6) is 0 Å². The molecule has 3 heteroatoms. The van der Waals surface area contributed by atoms with Crippen LogP contribution in [0.25, 0.3) is 45.2 Å². The van der Waals surface area contributed by atoms with Gasteiger partial charge in [0.05, 0.1) is 0 Å².